The van der Waals surface area contributed by atoms with Gasteiger partial charge in [0.15, 0.2) is 6.10 Å². The molecule has 2 N–H and O–H groups in total. The zero-order valence-electron chi connectivity index (χ0n) is 17.6. The molecule has 3 rings (SSSR count). The summed E-state index contributed by atoms with van der Waals surface area (Å²) in [5.41, 5.74) is 2.37. The lowest BCUT2D eigenvalue weighted by Crippen LogP contribution is -2.30. The molecular formula is C25H26N2O4. The number of carbonyl (C=O) groups is 2. The monoisotopic (exact) mass is 418 g/mol. The first kappa shape index (κ1) is 21.9. The number of hydrogen-bond donors (Lipinski definition) is 2. The van der Waals surface area contributed by atoms with Gasteiger partial charge in [0.25, 0.3) is 11.8 Å². The predicted octanol–water partition coefficient (Wildman–Crippen LogP) is 4.07. The second-order valence-corrected chi connectivity index (χ2v) is 6.99. The molecule has 0 unspecified atom stereocenters. The molecule has 0 aliphatic carbocycles. The zero-order valence-corrected chi connectivity index (χ0v) is 17.6. The summed E-state index contributed by atoms with van der Waals surface area (Å²) in [7, 11) is 1.59. The normalized spacial score (nSPS) is 11.3. The summed E-state index contributed by atoms with van der Waals surface area (Å²) >= 11 is 0. The van der Waals surface area contributed by atoms with E-state index in [1.165, 1.54) is 5.56 Å². The Labute approximate surface area is 182 Å². The first-order valence-corrected chi connectivity index (χ1v) is 10.1. The molecule has 0 fully saturated rings. The van der Waals surface area contributed by atoms with Crippen LogP contribution in [-0.4, -0.2) is 31.6 Å². The summed E-state index contributed by atoms with van der Waals surface area (Å²) in [5.74, 6) is 0.811. The van der Waals surface area contributed by atoms with Crippen LogP contribution in [0.15, 0.2) is 78.9 Å². The second kappa shape index (κ2) is 10.8. The fraction of sp³-hybridized carbons (Fsp3) is 0.200. The van der Waals surface area contributed by atoms with Crippen molar-refractivity contribution in [3.63, 3.8) is 0 Å². The maximum Gasteiger partial charge on any atom is 0.265 e. The summed E-state index contributed by atoms with van der Waals surface area (Å²) in [6.45, 7) is 2.23. The Bertz CT molecular complexity index is 986. The third-order valence-corrected chi connectivity index (χ3v) is 4.70. The van der Waals surface area contributed by atoms with E-state index in [1.807, 2.05) is 30.3 Å². The highest BCUT2D eigenvalue weighted by Crippen LogP contribution is 2.17. The quantitative estimate of drug-likeness (QED) is 0.549. The van der Waals surface area contributed by atoms with Gasteiger partial charge in [-0.2, -0.15) is 0 Å². The van der Waals surface area contributed by atoms with Crippen LogP contribution in [-0.2, 0) is 11.2 Å². The standard InChI is InChI=1S/C25H26N2O4/c1-18(24(28)27-21-10-14-22(30-2)15-11-21)31-23-12-8-20(9-13-23)25(29)26-17-16-19-6-4-3-5-7-19/h3-15,18H,16-17H2,1-2H3,(H,26,29)(H,27,28)/t18-/m0/s1. The van der Waals surface area contributed by atoms with Crippen molar-refractivity contribution in [2.75, 3.05) is 19.0 Å². The van der Waals surface area contributed by atoms with E-state index >= 15 is 0 Å². The SMILES string of the molecule is COc1ccc(NC(=O)[C@H](C)Oc2ccc(C(=O)NCCc3ccccc3)cc2)cc1. The van der Waals surface area contributed by atoms with Gasteiger partial charge < -0.3 is 20.1 Å². The number of carbonyl (C=O) groups excluding carboxylic acids is 2. The average Bonchev–Trinajstić information content (AvgIpc) is 2.80. The van der Waals surface area contributed by atoms with Crippen LogP contribution in [0.3, 0.4) is 0 Å². The first-order valence-electron chi connectivity index (χ1n) is 10.1. The van der Waals surface area contributed by atoms with Crippen LogP contribution in [0.25, 0.3) is 0 Å². The molecule has 0 aliphatic rings. The van der Waals surface area contributed by atoms with Gasteiger partial charge in [-0.3, -0.25) is 9.59 Å². The number of amides is 2. The predicted molar refractivity (Wildman–Crippen MR) is 121 cm³/mol. The number of anilines is 1. The molecule has 0 aliphatic heterocycles. The third-order valence-electron chi connectivity index (χ3n) is 4.70. The molecule has 1 atom stereocenters. The average molecular weight is 418 g/mol. The minimum absolute atomic E-state index is 0.146. The van der Waals surface area contributed by atoms with Crippen molar-refractivity contribution in [3.05, 3.63) is 90.0 Å². The minimum Gasteiger partial charge on any atom is -0.497 e. The van der Waals surface area contributed by atoms with Crippen LogP contribution in [0, 0.1) is 0 Å². The molecule has 0 heterocycles. The van der Waals surface area contributed by atoms with Crippen molar-refractivity contribution in [2.45, 2.75) is 19.4 Å². The Balaban J connectivity index is 1.47. The lowest BCUT2D eigenvalue weighted by Gasteiger charge is -2.15. The number of methoxy groups -OCH3 is 1. The van der Waals surface area contributed by atoms with E-state index in [0.29, 0.717) is 29.3 Å². The van der Waals surface area contributed by atoms with Gasteiger partial charge in [-0.25, -0.2) is 0 Å². The molecule has 0 bridgehead atoms. The van der Waals surface area contributed by atoms with E-state index in [9.17, 15) is 9.59 Å². The van der Waals surface area contributed by atoms with Crippen molar-refractivity contribution >= 4 is 17.5 Å². The summed E-state index contributed by atoms with van der Waals surface area (Å²) in [6, 6.07) is 23.8. The van der Waals surface area contributed by atoms with Crippen LogP contribution in [0.5, 0.6) is 11.5 Å². The van der Waals surface area contributed by atoms with E-state index in [-0.39, 0.29) is 11.8 Å². The van der Waals surface area contributed by atoms with Crippen molar-refractivity contribution in [1.29, 1.82) is 0 Å². The topological polar surface area (TPSA) is 76.7 Å². The molecule has 6 heteroatoms. The molecule has 3 aromatic rings. The molecule has 0 saturated heterocycles. The maximum atomic E-state index is 12.4. The Hall–Kier alpha value is -3.80. The Kier molecular flexibility index (Phi) is 7.65. The van der Waals surface area contributed by atoms with Gasteiger partial charge in [0, 0.05) is 17.8 Å². The minimum atomic E-state index is -0.701. The van der Waals surface area contributed by atoms with Gasteiger partial charge in [0.1, 0.15) is 11.5 Å². The van der Waals surface area contributed by atoms with Gasteiger partial charge in [0.2, 0.25) is 0 Å². The van der Waals surface area contributed by atoms with Gasteiger partial charge in [-0.05, 0) is 67.4 Å². The number of nitrogens with one attached hydrogen (secondary N) is 2. The van der Waals surface area contributed by atoms with Crippen LogP contribution in [0.4, 0.5) is 5.69 Å². The third kappa shape index (κ3) is 6.60. The van der Waals surface area contributed by atoms with Crippen molar-refractivity contribution in [1.82, 2.24) is 5.32 Å². The van der Waals surface area contributed by atoms with Crippen molar-refractivity contribution in [2.24, 2.45) is 0 Å². The largest absolute Gasteiger partial charge is 0.497 e. The lowest BCUT2D eigenvalue weighted by atomic mass is 10.1. The van der Waals surface area contributed by atoms with Gasteiger partial charge in [-0.1, -0.05) is 30.3 Å². The molecule has 0 saturated carbocycles. The molecule has 0 radical (unpaired) electrons. The molecule has 31 heavy (non-hydrogen) atoms. The molecule has 3 aromatic carbocycles. The molecular weight excluding hydrogens is 392 g/mol. The zero-order chi connectivity index (χ0) is 22.1. The highest BCUT2D eigenvalue weighted by Gasteiger charge is 2.15. The number of rotatable bonds is 9. The van der Waals surface area contributed by atoms with Crippen LogP contribution >= 0.6 is 0 Å². The van der Waals surface area contributed by atoms with Crippen LogP contribution in [0.2, 0.25) is 0 Å². The van der Waals surface area contributed by atoms with Crippen LogP contribution in [0.1, 0.15) is 22.8 Å². The summed E-state index contributed by atoms with van der Waals surface area (Å²) in [4.78, 5) is 24.7. The highest BCUT2D eigenvalue weighted by molar-refractivity contribution is 5.95. The summed E-state index contributed by atoms with van der Waals surface area (Å²) < 4.78 is 10.8. The van der Waals surface area contributed by atoms with E-state index in [1.54, 1.807) is 62.6 Å². The van der Waals surface area contributed by atoms with E-state index in [0.717, 1.165) is 6.42 Å². The first-order chi connectivity index (χ1) is 15.0. The van der Waals surface area contributed by atoms with Gasteiger partial charge >= 0.3 is 0 Å². The van der Waals surface area contributed by atoms with Crippen molar-refractivity contribution < 1.29 is 19.1 Å². The fourth-order valence-electron chi connectivity index (χ4n) is 2.93. The molecule has 2 amide bonds. The number of hydrogen-bond acceptors (Lipinski definition) is 4. The summed E-state index contributed by atoms with van der Waals surface area (Å²) in [5, 5.41) is 5.70. The second-order valence-electron chi connectivity index (χ2n) is 6.99. The molecule has 160 valence electrons. The molecule has 6 nitrogen and oxygen atoms in total. The Morgan fingerprint density at radius 2 is 1.52 bits per heavy atom. The Morgan fingerprint density at radius 1 is 0.871 bits per heavy atom. The smallest absolute Gasteiger partial charge is 0.265 e. The van der Waals surface area contributed by atoms with Crippen molar-refractivity contribution in [3.8, 4) is 11.5 Å². The Morgan fingerprint density at radius 3 is 2.16 bits per heavy atom. The maximum absolute atomic E-state index is 12.4. The fourth-order valence-corrected chi connectivity index (χ4v) is 2.93. The summed E-state index contributed by atoms with van der Waals surface area (Å²) in [6.07, 6.45) is 0.0712. The molecule has 0 aromatic heterocycles. The highest BCUT2D eigenvalue weighted by atomic mass is 16.5. The van der Waals surface area contributed by atoms with E-state index in [2.05, 4.69) is 10.6 Å². The number of benzene rings is 3. The van der Waals surface area contributed by atoms with Gasteiger partial charge in [0.05, 0.1) is 7.11 Å². The van der Waals surface area contributed by atoms with E-state index in [4.69, 9.17) is 9.47 Å². The van der Waals surface area contributed by atoms with E-state index < -0.39 is 6.10 Å². The van der Waals surface area contributed by atoms with Crippen LogP contribution < -0.4 is 20.1 Å². The molecule has 0 spiro atoms. The van der Waals surface area contributed by atoms with Gasteiger partial charge in [-0.15, -0.1) is 0 Å². The number of ether oxygens (including phenoxy) is 2. The lowest BCUT2D eigenvalue weighted by molar-refractivity contribution is -0.122.